The van der Waals surface area contributed by atoms with E-state index in [-0.39, 0.29) is 5.41 Å². The Morgan fingerprint density at radius 2 is 1.79 bits per heavy atom. The molecule has 1 aromatic heterocycles. The number of nitrogens with zero attached hydrogens (tertiary/aromatic N) is 4. The average molecular weight is 316 g/mol. The molecule has 0 bridgehead atoms. The van der Waals surface area contributed by atoms with Gasteiger partial charge < -0.3 is 4.90 Å². The van der Waals surface area contributed by atoms with Crippen LogP contribution in [0.4, 0.5) is 5.69 Å². The fourth-order valence-electron chi connectivity index (χ4n) is 3.52. The number of likely N-dealkylation sites (N-methyl/N-ethyl adjacent to an activating group) is 1. The topological polar surface area (TPSA) is 33.4 Å². The first-order chi connectivity index (χ1) is 11.6. The van der Waals surface area contributed by atoms with Gasteiger partial charge in [-0.15, -0.1) is 0 Å². The summed E-state index contributed by atoms with van der Waals surface area (Å²) < 4.78 is 1.81. The quantitative estimate of drug-likeness (QED) is 0.665. The number of hydrogen-bond acceptors (Lipinski definition) is 3. The second-order valence-corrected chi connectivity index (χ2v) is 6.60. The second-order valence-electron chi connectivity index (χ2n) is 6.60. The predicted molar refractivity (Wildman–Crippen MR) is 99.6 cm³/mol. The maximum absolute atomic E-state index is 4.55. The number of imidazole rings is 1. The van der Waals surface area contributed by atoms with Crippen molar-refractivity contribution in [3.8, 4) is 0 Å². The van der Waals surface area contributed by atoms with Crippen molar-refractivity contribution in [3.63, 3.8) is 0 Å². The van der Waals surface area contributed by atoms with Crippen LogP contribution in [0.25, 0.3) is 11.0 Å². The van der Waals surface area contributed by atoms with Crippen LogP contribution in [0.1, 0.15) is 19.4 Å². The van der Waals surface area contributed by atoms with Crippen LogP contribution < -0.4 is 4.90 Å². The lowest BCUT2D eigenvalue weighted by atomic mass is 9.84. The lowest BCUT2D eigenvalue weighted by Crippen LogP contribution is -2.23. The van der Waals surface area contributed by atoms with Crippen LogP contribution in [-0.2, 0) is 5.41 Å². The number of aromatic nitrogens is 2. The van der Waals surface area contributed by atoms with E-state index in [9.17, 15) is 0 Å². The SMILES string of the molecule is CN1/C(=C\C=N\n2cnc3ccccc32)C(C)(C)c2ccccc21. The van der Waals surface area contributed by atoms with Crippen molar-refractivity contribution < 1.29 is 0 Å². The summed E-state index contributed by atoms with van der Waals surface area (Å²) in [4.78, 5) is 6.61. The number of benzene rings is 2. The first kappa shape index (κ1) is 14.7. The van der Waals surface area contributed by atoms with Gasteiger partial charge in [0.25, 0.3) is 0 Å². The van der Waals surface area contributed by atoms with Crippen molar-refractivity contribution in [2.75, 3.05) is 11.9 Å². The Kier molecular flexibility index (Phi) is 3.27. The molecule has 0 amide bonds. The van der Waals surface area contributed by atoms with Crippen molar-refractivity contribution in [2.24, 2.45) is 5.10 Å². The molecule has 4 nitrogen and oxygen atoms in total. The third-order valence-electron chi connectivity index (χ3n) is 4.80. The summed E-state index contributed by atoms with van der Waals surface area (Å²) in [7, 11) is 2.11. The number of para-hydroxylation sites is 3. The zero-order chi connectivity index (χ0) is 16.7. The highest BCUT2D eigenvalue weighted by Gasteiger charge is 2.37. The second kappa shape index (κ2) is 5.34. The number of rotatable bonds is 2. The molecular weight excluding hydrogens is 296 g/mol. The average Bonchev–Trinajstić information content (AvgIpc) is 3.08. The molecule has 0 unspecified atom stereocenters. The van der Waals surface area contributed by atoms with Crippen molar-refractivity contribution in [2.45, 2.75) is 19.3 Å². The number of fused-ring (bicyclic) bond motifs is 2. The van der Waals surface area contributed by atoms with Crippen LogP contribution in [0.15, 0.2) is 71.7 Å². The molecule has 0 radical (unpaired) electrons. The largest absolute Gasteiger partial charge is 0.347 e. The Morgan fingerprint density at radius 1 is 1.04 bits per heavy atom. The molecule has 0 fully saturated rings. The van der Waals surface area contributed by atoms with Gasteiger partial charge in [-0.1, -0.05) is 44.2 Å². The summed E-state index contributed by atoms with van der Waals surface area (Å²) in [6, 6.07) is 16.5. The van der Waals surface area contributed by atoms with Crippen molar-refractivity contribution in [1.29, 1.82) is 0 Å². The minimum absolute atomic E-state index is 0.0334. The molecule has 0 saturated carbocycles. The first-order valence-electron chi connectivity index (χ1n) is 8.09. The minimum atomic E-state index is -0.0334. The normalized spacial score (nSPS) is 18.0. The monoisotopic (exact) mass is 316 g/mol. The van der Waals surface area contributed by atoms with Crippen LogP contribution in [0, 0.1) is 0 Å². The maximum atomic E-state index is 4.55. The van der Waals surface area contributed by atoms with Crippen LogP contribution in [0.5, 0.6) is 0 Å². The molecule has 2 aromatic carbocycles. The lowest BCUT2D eigenvalue weighted by molar-refractivity contribution is 0.641. The van der Waals surface area contributed by atoms with E-state index in [0.29, 0.717) is 0 Å². The Hall–Kier alpha value is -2.88. The standard InChI is InChI=1S/C20H20N4/c1-20(2)15-8-4-6-10-17(15)23(3)19(20)12-13-22-24-14-21-16-9-5-7-11-18(16)24/h4-14H,1-3H3/b19-12-,22-13+. The Labute approximate surface area is 141 Å². The predicted octanol–water partition coefficient (Wildman–Crippen LogP) is 4.18. The van der Waals surface area contributed by atoms with Gasteiger partial charge in [0.05, 0.1) is 11.0 Å². The number of hydrogen-bond donors (Lipinski definition) is 0. The Bertz CT molecular complexity index is 962. The van der Waals surface area contributed by atoms with E-state index >= 15 is 0 Å². The third-order valence-corrected chi connectivity index (χ3v) is 4.80. The molecule has 120 valence electrons. The zero-order valence-corrected chi connectivity index (χ0v) is 14.1. The van der Waals surface area contributed by atoms with Crippen LogP contribution in [0.2, 0.25) is 0 Å². The smallest absolute Gasteiger partial charge is 0.118 e. The van der Waals surface area contributed by atoms with E-state index in [4.69, 9.17) is 0 Å². The molecular formula is C20H20N4. The van der Waals surface area contributed by atoms with E-state index in [1.54, 1.807) is 6.33 Å². The fourth-order valence-corrected chi connectivity index (χ4v) is 3.52. The van der Waals surface area contributed by atoms with Crippen LogP contribution in [0.3, 0.4) is 0 Å². The van der Waals surface area contributed by atoms with Gasteiger partial charge in [-0.3, -0.25) is 0 Å². The molecule has 1 aliphatic rings. The molecule has 0 aliphatic carbocycles. The minimum Gasteiger partial charge on any atom is -0.347 e. The highest BCUT2D eigenvalue weighted by Crippen LogP contribution is 2.46. The maximum Gasteiger partial charge on any atom is 0.118 e. The van der Waals surface area contributed by atoms with E-state index in [1.807, 2.05) is 35.2 Å². The van der Waals surface area contributed by atoms with E-state index in [0.717, 1.165) is 11.0 Å². The van der Waals surface area contributed by atoms with Crippen molar-refractivity contribution in [1.82, 2.24) is 9.66 Å². The summed E-state index contributed by atoms with van der Waals surface area (Å²) in [5.74, 6) is 0. The first-order valence-corrected chi connectivity index (χ1v) is 8.09. The van der Waals surface area contributed by atoms with Crippen LogP contribution in [-0.4, -0.2) is 22.9 Å². The van der Waals surface area contributed by atoms with Crippen molar-refractivity contribution >= 4 is 22.9 Å². The van der Waals surface area contributed by atoms with Gasteiger partial charge in [-0.05, 0) is 29.8 Å². The van der Waals surface area contributed by atoms with Crippen LogP contribution >= 0.6 is 0 Å². The summed E-state index contributed by atoms with van der Waals surface area (Å²) >= 11 is 0. The highest BCUT2D eigenvalue weighted by molar-refractivity contribution is 5.80. The molecule has 3 aromatic rings. The van der Waals surface area contributed by atoms with Gasteiger partial charge in [-0.2, -0.15) is 5.10 Å². The van der Waals surface area contributed by atoms with E-state index in [1.165, 1.54) is 16.9 Å². The van der Waals surface area contributed by atoms with E-state index < -0.39 is 0 Å². The van der Waals surface area contributed by atoms with Gasteiger partial charge >= 0.3 is 0 Å². The van der Waals surface area contributed by atoms with Gasteiger partial charge in [0, 0.05) is 30.1 Å². The Morgan fingerprint density at radius 3 is 2.62 bits per heavy atom. The molecule has 0 atom stereocenters. The summed E-state index contributed by atoms with van der Waals surface area (Å²) in [5, 5.41) is 4.55. The molecule has 2 heterocycles. The number of allylic oxidation sites excluding steroid dienone is 2. The lowest BCUT2D eigenvalue weighted by Gasteiger charge is -2.23. The molecule has 0 N–H and O–H groups in total. The van der Waals surface area contributed by atoms with Gasteiger partial charge in [-0.25, -0.2) is 9.66 Å². The van der Waals surface area contributed by atoms with Gasteiger partial charge in [0.1, 0.15) is 6.33 Å². The molecule has 4 rings (SSSR count). The number of anilines is 1. The fraction of sp³-hybridized carbons (Fsp3) is 0.200. The molecule has 1 aliphatic heterocycles. The molecule has 0 saturated heterocycles. The van der Waals surface area contributed by atoms with Gasteiger partial charge in [0.2, 0.25) is 0 Å². The Balaban J connectivity index is 1.69. The molecule has 24 heavy (non-hydrogen) atoms. The summed E-state index contributed by atoms with van der Waals surface area (Å²) in [6.45, 7) is 4.50. The highest BCUT2D eigenvalue weighted by atomic mass is 15.4. The van der Waals surface area contributed by atoms with Crippen molar-refractivity contribution in [3.05, 3.63) is 72.2 Å². The van der Waals surface area contributed by atoms with E-state index in [2.05, 4.69) is 66.2 Å². The molecule has 4 heteroatoms. The third kappa shape index (κ3) is 2.14. The summed E-state index contributed by atoms with van der Waals surface area (Å²) in [6.07, 6.45) is 5.69. The summed E-state index contributed by atoms with van der Waals surface area (Å²) in [5.41, 5.74) is 5.77. The van der Waals surface area contributed by atoms with Gasteiger partial charge in [0.15, 0.2) is 0 Å². The zero-order valence-electron chi connectivity index (χ0n) is 14.1. The molecule has 0 spiro atoms.